The Morgan fingerprint density at radius 1 is 1.06 bits per heavy atom. The van der Waals surface area contributed by atoms with E-state index < -0.39 is 0 Å². The third-order valence-corrected chi connectivity index (χ3v) is 3.72. The van der Waals surface area contributed by atoms with Crippen molar-refractivity contribution in [1.82, 2.24) is 10.2 Å². The largest absolute Gasteiger partial charge is 0.380 e. The Bertz CT molecular complexity index is 173. The number of hydrogen-bond acceptors (Lipinski definition) is 3. The highest BCUT2D eigenvalue weighted by atomic mass is 16.5. The molecule has 2 fully saturated rings. The third kappa shape index (κ3) is 4.40. The third-order valence-electron chi connectivity index (χ3n) is 3.72. The van der Waals surface area contributed by atoms with E-state index in [1.165, 1.54) is 58.2 Å². The van der Waals surface area contributed by atoms with E-state index in [-0.39, 0.29) is 0 Å². The van der Waals surface area contributed by atoms with E-state index in [2.05, 4.69) is 10.2 Å². The summed E-state index contributed by atoms with van der Waals surface area (Å²) < 4.78 is 5.47. The molecule has 0 radical (unpaired) electrons. The molecule has 1 unspecified atom stereocenters. The van der Waals surface area contributed by atoms with Crippen LogP contribution >= 0.6 is 0 Å². The van der Waals surface area contributed by atoms with Gasteiger partial charge >= 0.3 is 0 Å². The molecule has 16 heavy (non-hydrogen) atoms. The molecule has 0 aliphatic carbocycles. The Kier molecular flexibility index (Phi) is 5.59. The fourth-order valence-electron chi connectivity index (χ4n) is 2.69. The molecular formula is C13H26N2O. The van der Waals surface area contributed by atoms with E-state index in [4.69, 9.17) is 4.74 Å². The van der Waals surface area contributed by atoms with Gasteiger partial charge in [-0.05, 0) is 38.8 Å². The number of likely N-dealkylation sites (tertiary alicyclic amines) is 1. The Labute approximate surface area is 99.5 Å². The van der Waals surface area contributed by atoms with Crippen LogP contribution in [0.25, 0.3) is 0 Å². The lowest BCUT2D eigenvalue weighted by atomic mass is 10.1. The zero-order valence-electron chi connectivity index (χ0n) is 10.4. The molecular weight excluding hydrogens is 200 g/mol. The summed E-state index contributed by atoms with van der Waals surface area (Å²) >= 11 is 0. The van der Waals surface area contributed by atoms with Gasteiger partial charge in [-0.25, -0.2) is 0 Å². The van der Waals surface area contributed by atoms with Gasteiger partial charge in [0.2, 0.25) is 0 Å². The Morgan fingerprint density at radius 2 is 1.88 bits per heavy atom. The van der Waals surface area contributed by atoms with Crippen LogP contribution in [0.3, 0.4) is 0 Å². The molecule has 2 aliphatic heterocycles. The average molecular weight is 226 g/mol. The first kappa shape index (κ1) is 12.3. The lowest BCUT2D eigenvalue weighted by molar-refractivity contribution is 0.0695. The zero-order valence-corrected chi connectivity index (χ0v) is 10.4. The van der Waals surface area contributed by atoms with Crippen molar-refractivity contribution < 1.29 is 4.74 Å². The lowest BCUT2D eigenvalue weighted by Crippen LogP contribution is -2.41. The van der Waals surface area contributed by atoms with Gasteiger partial charge in [-0.3, -0.25) is 0 Å². The molecule has 2 rings (SSSR count). The molecule has 0 amide bonds. The number of ether oxygens (including phenoxy) is 1. The summed E-state index contributed by atoms with van der Waals surface area (Å²) in [5.41, 5.74) is 0. The Morgan fingerprint density at radius 3 is 2.56 bits per heavy atom. The topological polar surface area (TPSA) is 24.5 Å². The molecule has 1 N–H and O–H groups in total. The van der Waals surface area contributed by atoms with Crippen LogP contribution in [0.2, 0.25) is 0 Å². The second kappa shape index (κ2) is 7.25. The second-order valence-corrected chi connectivity index (χ2v) is 5.12. The standard InChI is InChI=1S/C13H26N2O/c1-2-4-9-15(8-3-1)10-7-14-13-6-5-11-16-12-13/h13-14H,1-12H2. The van der Waals surface area contributed by atoms with Gasteiger partial charge in [0.15, 0.2) is 0 Å². The molecule has 0 saturated carbocycles. The van der Waals surface area contributed by atoms with Gasteiger partial charge in [0.1, 0.15) is 0 Å². The molecule has 0 aromatic carbocycles. The van der Waals surface area contributed by atoms with Crippen molar-refractivity contribution in [3.05, 3.63) is 0 Å². The predicted molar refractivity (Wildman–Crippen MR) is 66.8 cm³/mol. The van der Waals surface area contributed by atoms with Crippen LogP contribution in [0, 0.1) is 0 Å². The van der Waals surface area contributed by atoms with Gasteiger partial charge in [0, 0.05) is 25.7 Å². The highest BCUT2D eigenvalue weighted by molar-refractivity contribution is 4.71. The lowest BCUT2D eigenvalue weighted by Gasteiger charge is -2.25. The van der Waals surface area contributed by atoms with E-state index in [0.29, 0.717) is 6.04 Å². The maximum absolute atomic E-state index is 5.47. The van der Waals surface area contributed by atoms with E-state index in [0.717, 1.165) is 19.8 Å². The fraction of sp³-hybridized carbons (Fsp3) is 1.00. The van der Waals surface area contributed by atoms with Crippen molar-refractivity contribution in [2.24, 2.45) is 0 Å². The van der Waals surface area contributed by atoms with Crippen LogP contribution < -0.4 is 5.32 Å². The number of hydrogen-bond donors (Lipinski definition) is 1. The van der Waals surface area contributed by atoms with Crippen molar-refractivity contribution in [2.75, 3.05) is 39.4 Å². The normalized spacial score (nSPS) is 28.9. The molecule has 0 aromatic rings. The molecule has 1 atom stereocenters. The monoisotopic (exact) mass is 226 g/mol. The average Bonchev–Trinajstić information content (AvgIpc) is 2.59. The van der Waals surface area contributed by atoms with Crippen LogP contribution in [0.4, 0.5) is 0 Å². The minimum atomic E-state index is 0.612. The molecule has 2 saturated heterocycles. The predicted octanol–water partition coefficient (Wildman–Crippen LogP) is 1.63. The fourth-order valence-corrected chi connectivity index (χ4v) is 2.69. The van der Waals surface area contributed by atoms with E-state index in [1.807, 2.05) is 0 Å². The molecule has 2 heterocycles. The van der Waals surface area contributed by atoms with E-state index >= 15 is 0 Å². The Balaban J connectivity index is 1.55. The maximum atomic E-state index is 5.47. The highest BCUT2D eigenvalue weighted by Gasteiger charge is 2.13. The molecule has 3 nitrogen and oxygen atoms in total. The van der Waals surface area contributed by atoms with E-state index in [1.54, 1.807) is 0 Å². The van der Waals surface area contributed by atoms with E-state index in [9.17, 15) is 0 Å². The molecule has 0 spiro atoms. The first-order valence-electron chi connectivity index (χ1n) is 6.98. The summed E-state index contributed by atoms with van der Waals surface area (Å²) in [6.45, 7) is 6.85. The number of nitrogens with one attached hydrogen (secondary N) is 1. The van der Waals surface area contributed by atoms with Crippen LogP contribution in [0.15, 0.2) is 0 Å². The minimum Gasteiger partial charge on any atom is -0.380 e. The van der Waals surface area contributed by atoms with Gasteiger partial charge in [0.25, 0.3) is 0 Å². The van der Waals surface area contributed by atoms with Gasteiger partial charge in [0.05, 0.1) is 6.61 Å². The van der Waals surface area contributed by atoms with Crippen LogP contribution in [0.1, 0.15) is 38.5 Å². The molecule has 0 aromatic heterocycles. The molecule has 0 bridgehead atoms. The van der Waals surface area contributed by atoms with Crippen molar-refractivity contribution in [3.8, 4) is 0 Å². The van der Waals surface area contributed by atoms with Crippen molar-refractivity contribution in [1.29, 1.82) is 0 Å². The van der Waals surface area contributed by atoms with Gasteiger partial charge in [-0.15, -0.1) is 0 Å². The summed E-state index contributed by atoms with van der Waals surface area (Å²) in [4.78, 5) is 2.61. The number of rotatable bonds is 4. The SMILES string of the molecule is C1CCCN(CCNC2CCCOC2)CC1. The van der Waals surface area contributed by atoms with Crippen molar-refractivity contribution in [3.63, 3.8) is 0 Å². The van der Waals surface area contributed by atoms with Gasteiger partial charge in [-0.2, -0.15) is 0 Å². The minimum absolute atomic E-state index is 0.612. The van der Waals surface area contributed by atoms with Crippen LogP contribution in [-0.4, -0.2) is 50.3 Å². The second-order valence-electron chi connectivity index (χ2n) is 5.12. The molecule has 3 heteroatoms. The summed E-state index contributed by atoms with van der Waals surface area (Å²) in [7, 11) is 0. The molecule has 2 aliphatic rings. The van der Waals surface area contributed by atoms with Crippen LogP contribution in [0.5, 0.6) is 0 Å². The van der Waals surface area contributed by atoms with Gasteiger partial charge in [-0.1, -0.05) is 12.8 Å². The summed E-state index contributed by atoms with van der Waals surface area (Å²) in [5, 5.41) is 3.62. The maximum Gasteiger partial charge on any atom is 0.0619 e. The summed E-state index contributed by atoms with van der Waals surface area (Å²) in [6, 6.07) is 0.612. The van der Waals surface area contributed by atoms with Gasteiger partial charge < -0.3 is 15.0 Å². The highest BCUT2D eigenvalue weighted by Crippen LogP contribution is 2.09. The quantitative estimate of drug-likeness (QED) is 0.788. The van der Waals surface area contributed by atoms with Crippen molar-refractivity contribution in [2.45, 2.75) is 44.6 Å². The van der Waals surface area contributed by atoms with Crippen molar-refractivity contribution >= 4 is 0 Å². The van der Waals surface area contributed by atoms with Crippen LogP contribution in [-0.2, 0) is 4.74 Å². The number of nitrogens with zero attached hydrogens (tertiary/aromatic N) is 1. The first-order chi connectivity index (χ1) is 7.95. The Hall–Kier alpha value is -0.120. The summed E-state index contributed by atoms with van der Waals surface area (Å²) in [6.07, 6.45) is 8.17. The summed E-state index contributed by atoms with van der Waals surface area (Å²) in [5.74, 6) is 0. The molecule has 94 valence electrons. The first-order valence-corrected chi connectivity index (χ1v) is 6.98. The zero-order chi connectivity index (χ0) is 11.1. The smallest absolute Gasteiger partial charge is 0.0619 e.